The van der Waals surface area contributed by atoms with Gasteiger partial charge in [-0.15, -0.1) is 0 Å². The number of sulfonamides is 1. The van der Waals surface area contributed by atoms with Crippen molar-refractivity contribution in [1.29, 1.82) is 0 Å². The predicted octanol–water partition coefficient (Wildman–Crippen LogP) is 6.51. The van der Waals surface area contributed by atoms with Gasteiger partial charge in [-0.25, -0.2) is 8.42 Å². The number of piperidine rings is 1. The van der Waals surface area contributed by atoms with Gasteiger partial charge in [0.25, 0.3) is 5.91 Å². The zero-order chi connectivity index (χ0) is 30.5. The first-order valence-electron chi connectivity index (χ1n) is 16.0. The Morgan fingerprint density at radius 3 is 2.40 bits per heavy atom. The van der Waals surface area contributed by atoms with E-state index in [1.54, 1.807) is 0 Å². The summed E-state index contributed by atoms with van der Waals surface area (Å²) in [7, 11) is -3.97. The number of aromatic amines is 1. The van der Waals surface area contributed by atoms with Crippen molar-refractivity contribution in [2.75, 3.05) is 26.2 Å². The molecule has 1 aliphatic carbocycles. The highest BCUT2D eigenvalue weighted by molar-refractivity contribution is 7.89. The molecule has 2 aliphatic heterocycles. The fraction of sp³-hybridized carbons (Fsp3) is 0.656. The van der Waals surface area contributed by atoms with E-state index in [1.807, 2.05) is 0 Å². The first-order valence-corrected chi connectivity index (χ1v) is 17.5. The number of benzene rings is 1. The van der Waals surface area contributed by atoms with E-state index in [4.69, 9.17) is 0 Å². The van der Waals surface area contributed by atoms with Crippen molar-refractivity contribution in [3.63, 3.8) is 0 Å². The first-order chi connectivity index (χ1) is 20.6. The van der Waals surface area contributed by atoms with E-state index >= 15 is 0 Å². The van der Waals surface area contributed by atoms with Crippen molar-refractivity contribution in [2.24, 2.45) is 5.92 Å². The summed E-state index contributed by atoms with van der Waals surface area (Å²) in [5.74, 6) is 0.288. The molecule has 11 heteroatoms. The van der Waals surface area contributed by atoms with Gasteiger partial charge in [-0.1, -0.05) is 57.4 Å². The average Bonchev–Trinajstić information content (AvgIpc) is 3.48. The monoisotopic (exact) mass is 622 g/mol. The largest absolute Gasteiger partial charge is 0.416 e. The fourth-order valence-corrected chi connectivity index (χ4v) is 8.69. The minimum Gasteiger partial charge on any atom is -0.354 e. The van der Waals surface area contributed by atoms with Crippen molar-refractivity contribution in [3.8, 4) is 0 Å². The second-order valence-corrected chi connectivity index (χ2v) is 14.5. The average molecular weight is 623 g/mol. The van der Waals surface area contributed by atoms with Crippen LogP contribution in [0.15, 0.2) is 35.2 Å². The molecule has 1 spiro atoms. The molecule has 2 fully saturated rings. The number of hydrogen-bond acceptors (Lipinski definition) is 4. The summed E-state index contributed by atoms with van der Waals surface area (Å²) in [5, 5.41) is 6.90. The van der Waals surface area contributed by atoms with E-state index < -0.39 is 21.8 Å². The van der Waals surface area contributed by atoms with E-state index in [0.29, 0.717) is 50.2 Å². The predicted molar refractivity (Wildman–Crippen MR) is 160 cm³/mol. The summed E-state index contributed by atoms with van der Waals surface area (Å²) in [6.45, 7) is 2.11. The number of aromatic nitrogens is 1. The van der Waals surface area contributed by atoms with Crippen LogP contribution in [-0.4, -0.2) is 49.8 Å². The molecule has 0 atom stereocenters. The van der Waals surface area contributed by atoms with Crippen LogP contribution in [0.25, 0.3) is 0 Å². The van der Waals surface area contributed by atoms with Crippen LogP contribution in [0.3, 0.4) is 0 Å². The van der Waals surface area contributed by atoms with Crippen LogP contribution < -0.4 is 10.6 Å². The van der Waals surface area contributed by atoms with Gasteiger partial charge in [0, 0.05) is 43.8 Å². The van der Waals surface area contributed by atoms with E-state index in [9.17, 15) is 26.4 Å². The molecule has 1 amide bonds. The molecule has 43 heavy (non-hydrogen) atoms. The van der Waals surface area contributed by atoms with Crippen LogP contribution in [0.1, 0.15) is 111 Å². The Morgan fingerprint density at radius 1 is 1.00 bits per heavy atom. The molecular weight excluding hydrogens is 577 g/mol. The number of rotatable bonds is 8. The van der Waals surface area contributed by atoms with Crippen molar-refractivity contribution in [1.82, 2.24) is 19.9 Å². The lowest BCUT2D eigenvalue weighted by Crippen LogP contribution is -2.47. The lowest BCUT2D eigenvalue weighted by Gasteiger charge is -2.39. The molecule has 2 aromatic rings. The number of fused-ring (bicyclic) bond motifs is 2. The zero-order valence-corrected chi connectivity index (χ0v) is 25.7. The van der Waals surface area contributed by atoms with Gasteiger partial charge in [0.1, 0.15) is 5.69 Å². The van der Waals surface area contributed by atoms with E-state index in [0.717, 1.165) is 57.2 Å². The van der Waals surface area contributed by atoms with Gasteiger partial charge in [-0.3, -0.25) is 4.79 Å². The number of nitrogens with zero attached hydrogens (tertiary/aromatic N) is 1. The Bertz CT molecular complexity index is 1340. The molecule has 7 nitrogen and oxygen atoms in total. The van der Waals surface area contributed by atoms with Gasteiger partial charge in [-0.05, 0) is 67.9 Å². The summed E-state index contributed by atoms with van der Waals surface area (Å²) in [6, 6.07) is 6.04. The summed E-state index contributed by atoms with van der Waals surface area (Å²) in [5.41, 5.74) is 2.14. The van der Waals surface area contributed by atoms with Crippen molar-refractivity contribution < 1.29 is 26.4 Å². The zero-order valence-electron chi connectivity index (χ0n) is 24.9. The topological polar surface area (TPSA) is 94.3 Å². The molecule has 3 aliphatic rings. The Kier molecular flexibility index (Phi) is 10.2. The molecular formula is C32H45F3N4O3S. The van der Waals surface area contributed by atoms with Crippen molar-refractivity contribution in [3.05, 3.63) is 52.8 Å². The number of amides is 1. The normalized spacial score (nSPS) is 20.6. The molecule has 5 rings (SSSR count). The SMILES string of the molecule is O=C(NCCCCC1CCN(S(=O)(=O)c2cccc(C(F)(F)F)c2)CC1)c1cc2c([nH]1)CCNC21CCCCCCCC1. The molecule has 0 unspecified atom stereocenters. The quantitative estimate of drug-likeness (QED) is 0.293. The summed E-state index contributed by atoms with van der Waals surface area (Å²) in [4.78, 5) is 16.1. The minimum atomic E-state index is -4.59. The molecule has 238 valence electrons. The number of alkyl halides is 3. The van der Waals surface area contributed by atoms with Crippen LogP contribution in [0.4, 0.5) is 13.2 Å². The molecule has 0 bridgehead atoms. The van der Waals surface area contributed by atoms with Gasteiger partial charge in [0.2, 0.25) is 10.0 Å². The van der Waals surface area contributed by atoms with Gasteiger partial charge in [-0.2, -0.15) is 17.5 Å². The highest BCUT2D eigenvalue weighted by Gasteiger charge is 2.38. The number of H-pyrrole nitrogens is 1. The third kappa shape index (κ3) is 7.65. The summed E-state index contributed by atoms with van der Waals surface area (Å²) >= 11 is 0. The lowest BCUT2D eigenvalue weighted by atomic mass is 9.78. The molecule has 3 N–H and O–H groups in total. The number of nitrogens with one attached hydrogen (secondary N) is 3. The molecule has 1 aromatic heterocycles. The Morgan fingerprint density at radius 2 is 1.70 bits per heavy atom. The molecule has 1 saturated heterocycles. The maximum atomic E-state index is 13.1. The van der Waals surface area contributed by atoms with Crippen LogP contribution in [0.2, 0.25) is 0 Å². The van der Waals surface area contributed by atoms with E-state index in [2.05, 4.69) is 21.7 Å². The Balaban J connectivity index is 1.06. The van der Waals surface area contributed by atoms with Crippen LogP contribution >= 0.6 is 0 Å². The number of unbranched alkanes of at least 4 members (excludes halogenated alkanes) is 1. The van der Waals surface area contributed by atoms with Crippen molar-refractivity contribution >= 4 is 15.9 Å². The van der Waals surface area contributed by atoms with Crippen molar-refractivity contribution in [2.45, 2.75) is 107 Å². The highest BCUT2D eigenvalue weighted by Crippen LogP contribution is 2.39. The van der Waals surface area contributed by atoms with Crippen LogP contribution in [0.5, 0.6) is 0 Å². The minimum absolute atomic E-state index is 0.0189. The van der Waals surface area contributed by atoms with Gasteiger partial charge < -0.3 is 15.6 Å². The van der Waals surface area contributed by atoms with E-state index in [-0.39, 0.29) is 16.3 Å². The molecule has 3 heterocycles. The third-order valence-electron chi connectivity index (χ3n) is 9.65. The fourth-order valence-electron chi connectivity index (χ4n) is 7.17. The van der Waals surface area contributed by atoms with Crippen LogP contribution in [-0.2, 0) is 28.2 Å². The Labute approximate surface area is 253 Å². The smallest absolute Gasteiger partial charge is 0.354 e. The third-order valence-corrected chi connectivity index (χ3v) is 11.5. The second-order valence-electron chi connectivity index (χ2n) is 12.6. The number of carbonyl (C=O) groups excluding carboxylic acids is 1. The molecule has 1 aromatic carbocycles. The van der Waals surface area contributed by atoms with Gasteiger partial charge >= 0.3 is 6.18 Å². The maximum Gasteiger partial charge on any atom is 0.416 e. The number of halogens is 3. The van der Waals surface area contributed by atoms with E-state index in [1.165, 1.54) is 60.2 Å². The van der Waals surface area contributed by atoms with Crippen LogP contribution in [0, 0.1) is 5.92 Å². The second kappa shape index (κ2) is 13.7. The van der Waals surface area contributed by atoms with Gasteiger partial charge in [0.05, 0.1) is 10.5 Å². The number of hydrogen-bond donors (Lipinski definition) is 3. The standard InChI is InChI=1S/C32H45F3N4O3S/c33-32(34,35)25-11-9-12-26(22-25)43(41,42)39-20-14-24(15-21-39)10-5-8-18-36-30(40)29-23-27-28(38-29)13-19-37-31(27)16-6-3-1-2-4-7-17-31/h9,11-12,22-24,37-38H,1-8,10,13-21H2,(H,36,40). The molecule has 0 radical (unpaired) electrons. The highest BCUT2D eigenvalue weighted by atomic mass is 32.2. The maximum absolute atomic E-state index is 13.1. The Hall–Kier alpha value is -2.37. The lowest BCUT2D eigenvalue weighted by molar-refractivity contribution is -0.137. The summed E-state index contributed by atoms with van der Waals surface area (Å²) < 4.78 is 66.4. The number of carbonyl (C=O) groups is 1. The van der Waals surface area contributed by atoms with Gasteiger partial charge in [0.15, 0.2) is 0 Å². The molecule has 1 saturated carbocycles. The first kappa shape index (κ1) is 32.0. The summed E-state index contributed by atoms with van der Waals surface area (Å²) in [6.07, 6.45) is 10.2.